The minimum Gasteiger partial charge on any atom is -0.493 e. The highest BCUT2D eigenvalue weighted by Crippen LogP contribution is 2.27. The molecular formula is C23H20ClN3O4. The van der Waals surface area contributed by atoms with Gasteiger partial charge in [0.1, 0.15) is 5.70 Å². The standard InChI is InChI=1S/C23H20ClN3O4/c1-30-20-9-8-16(12-21(20)31-2)22(28)27-19(11-15-5-4-10-25-14-15)23(29)26-18-7-3-6-17(24)13-18/h3-14H,1-2H3,(H,26,29)(H,27,28)/b19-11+. The minimum absolute atomic E-state index is 0.0350. The first-order valence-corrected chi connectivity index (χ1v) is 9.60. The van der Waals surface area contributed by atoms with Crippen LogP contribution in [0.4, 0.5) is 5.69 Å². The van der Waals surface area contributed by atoms with Crippen LogP contribution in [0.25, 0.3) is 6.08 Å². The molecule has 3 aromatic rings. The number of benzene rings is 2. The van der Waals surface area contributed by atoms with Gasteiger partial charge >= 0.3 is 0 Å². The fourth-order valence-electron chi connectivity index (χ4n) is 2.72. The fraction of sp³-hybridized carbons (Fsp3) is 0.0870. The lowest BCUT2D eigenvalue weighted by atomic mass is 10.1. The number of carbonyl (C=O) groups is 2. The molecule has 8 heteroatoms. The van der Waals surface area contributed by atoms with Crippen molar-refractivity contribution in [2.24, 2.45) is 0 Å². The van der Waals surface area contributed by atoms with Crippen molar-refractivity contribution in [1.29, 1.82) is 0 Å². The molecule has 0 saturated carbocycles. The summed E-state index contributed by atoms with van der Waals surface area (Å²) in [4.78, 5) is 29.8. The molecule has 0 fully saturated rings. The largest absolute Gasteiger partial charge is 0.493 e. The number of rotatable bonds is 7. The highest BCUT2D eigenvalue weighted by molar-refractivity contribution is 6.31. The van der Waals surface area contributed by atoms with Gasteiger partial charge < -0.3 is 20.1 Å². The van der Waals surface area contributed by atoms with E-state index in [0.29, 0.717) is 33.3 Å². The number of ether oxygens (including phenoxy) is 2. The van der Waals surface area contributed by atoms with Gasteiger partial charge in [0.05, 0.1) is 14.2 Å². The Morgan fingerprint density at radius 3 is 2.48 bits per heavy atom. The molecular weight excluding hydrogens is 418 g/mol. The van der Waals surface area contributed by atoms with E-state index in [4.69, 9.17) is 21.1 Å². The number of aromatic nitrogens is 1. The topological polar surface area (TPSA) is 89.5 Å². The van der Waals surface area contributed by atoms with Crippen molar-refractivity contribution in [1.82, 2.24) is 10.3 Å². The van der Waals surface area contributed by atoms with Gasteiger partial charge in [-0.1, -0.05) is 23.7 Å². The summed E-state index contributed by atoms with van der Waals surface area (Å²) in [6, 6.07) is 14.9. The van der Waals surface area contributed by atoms with E-state index in [1.54, 1.807) is 60.9 Å². The molecule has 158 valence electrons. The summed E-state index contributed by atoms with van der Waals surface area (Å²) in [6.07, 6.45) is 4.73. The van der Waals surface area contributed by atoms with Crippen molar-refractivity contribution in [2.75, 3.05) is 19.5 Å². The van der Waals surface area contributed by atoms with E-state index in [2.05, 4.69) is 15.6 Å². The van der Waals surface area contributed by atoms with Crippen LogP contribution in [0.2, 0.25) is 5.02 Å². The highest BCUT2D eigenvalue weighted by atomic mass is 35.5. The predicted molar refractivity (Wildman–Crippen MR) is 119 cm³/mol. The Kier molecular flexibility index (Phi) is 7.24. The molecule has 2 amide bonds. The van der Waals surface area contributed by atoms with Gasteiger partial charge in [0.15, 0.2) is 11.5 Å². The van der Waals surface area contributed by atoms with E-state index in [0.717, 1.165) is 0 Å². The fourth-order valence-corrected chi connectivity index (χ4v) is 2.91. The second-order valence-corrected chi connectivity index (χ2v) is 6.77. The van der Waals surface area contributed by atoms with Gasteiger partial charge in [-0.3, -0.25) is 14.6 Å². The van der Waals surface area contributed by atoms with E-state index in [-0.39, 0.29) is 5.70 Å². The third kappa shape index (κ3) is 5.83. The quantitative estimate of drug-likeness (QED) is 0.542. The number of methoxy groups -OCH3 is 2. The van der Waals surface area contributed by atoms with Crippen LogP contribution in [0.15, 0.2) is 72.7 Å². The van der Waals surface area contributed by atoms with Crippen LogP contribution in [0.5, 0.6) is 11.5 Å². The molecule has 0 saturated heterocycles. The Balaban J connectivity index is 1.88. The van der Waals surface area contributed by atoms with Crippen molar-refractivity contribution in [3.63, 3.8) is 0 Å². The first kappa shape index (κ1) is 21.9. The Morgan fingerprint density at radius 2 is 1.81 bits per heavy atom. The first-order valence-electron chi connectivity index (χ1n) is 9.22. The molecule has 2 N–H and O–H groups in total. The lowest BCUT2D eigenvalue weighted by Gasteiger charge is -2.13. The van der Waals surface area contributed by atoms with Gasteiger partial charge in [0.25, 0.3) is 11.8 Å². The monoisotopic (exact) mass is 437 g/mol. The first-order chi connectivity index (χ1) is 15.0. The van der Waals surface area contributed by atoms with Crippen molar-refractivity contribution < 1.29 is 19.1 Å². The second kappa shape index (κ2) is 10.3. The minimum atomic E-state index is -0.514. The average molecular weight is 438 g/mol. The molecule has 3 rings (SSSR count). The number of nitrogens with zero attached hydrogens (tertiary/aromatic N) is 1. The van der Waals surface area contributed by atoms with Crippen LogP contribution in [-0.2, 0) is 4.79 Å². The molecule has 0 aliphatic rings. The number of halogens is 1. The Bertz CT molecular complexity index is 1120. The van der Waals surface area contributed by atoms with Crippen LogP contribution < -0.4 is 20.1 Å². The highest BCUT2D eigenvalue weighted by Gasteiger charge is 2.17. The zero-order valence-electron chi connectivity index (χ0n) is 16.9. The maximum absolute atomic E-state index is 12.9. The van der Waals surface area contributed by atoms with E-state index in [1.165, 1.54) is 26.4 Å². The van der Waals surface area contributed by atoms with Gasteiger partial charge in [-0.05, 0) is 54.1 Å². The van der Waals surface area contributed by atoms with Crippen LogP contribution in [-0.4, -0.2) is 31.0 Å². The lowest BCUT2D eigenvalue weighted by molar-refractivity contribution is -0.113. The molecule has 0 spiro atoms. The number of carbonyl (C=O) groups excluding carboxylic acids is 2. The summed E-state index contributed by atoms with van der Waals surface area (Å²) in [5.41, 5.74) is 1.47. The van der Waals surface area contributed by atoms with E-state index in [1.807, 2.05) is 0 Å². The van der Waals surface area contributed by atoms with Crippen molar-refractivity contribution >= 4 is 35.2 Å². The van der Waals surface area contributed by atoms with Gasteiger partial charge in [0.2, 0.25) is 0 Å². The number of hydrogen-bond acceptors (Lipinski definition) is 5. The zero-order valence-corrected chi connectivity index (χ0v) is 17.6. The number of anilines is 1. The molecule has 1 heterocycles. The smallest absolute Gasteiger partial charge is 0.272 e. The van der Waals surface area contributed by atoms with E-state index >= 15 is 0 Å². The molecule has 0 radical (unpaired) electrons. The SMILES string of the molecule is COc1ccc(C(=O)N/C(=C/c2cccnc2)C(=O)Nc2cccc(Cl)c2)cc1OC. The third-order valence-corrected chi connectivity index (χ3v) is 4.45. The molecule has 1 aromatic heterocycles. The van der Waals surface area contributed by atoms with Crippen molar-refractivity contribution in [2.45, 2.75) is 0 Å². The van der Waals surface area contributed by atoms with E-state index in [9.17, 15) is 9.59 Å². The molecule has 0 atom stereocenters. The number of hydrogen-bond donors (Lipinski definition) is 2. The van der Waals surface area contributed by atoms with Crippen LogP contribution in [0.1, 0.15) is 15.9 Å². The Labute approximate surface area is 184 Å². The summed E-state index contributed by atoms with van der Waals surface area (Å²) < 4.78 is 10.4. The third-order valence-electron chi connectivity index (χ3n) is 4.22. The summed E-state index contributed by atoms with van der Waals surface area (Å²) in [6.45, 7) is 0. The summed E-state index contributed by atoms with van der Waals surface area (Å²) in [5, 5.41) is 5.86. The molecule has 31 heavy (non-hydrogen) atoms. The maximum atomic E-state index is 12.9. The molecule has 7 nitrogen and oxygen atoms in total. The van der Waals surface area contributed by atoms with Gasteiger partial charge in [-0.15, -0.1) is 0 Å². The number of amides is 2. The zero-order chi connectivity index (χ0) is 22.2. The Morgan fingerprint density at radius 1 is 1.00 bits per heavy atom. The molecule has 0 aliphatic heterocycles. The second-order valence-electron chi connectivity index (χ2n) is 6.33. The maximum Gasteiger partial charge on any atom is 0.272 e. The van der Waals surface area contributed by atoms with Crippen LogP contribution in [0.3, 0.4) is 0 Å². The molecule has 2 aromatic carbocycles. The van der Waals surface area contributed by atoms with E-state index < -0.39 is 11.8 Å². The van der Waals surface area contributed by atoms with Crippen molar-refractivity contribution in [3.8, 4) is 11.5 Å². The number of pyridine rings is 1. The summed E-state index contributed by atoms with van der Waals surface area (Å²) >= 11 is 5.99. The average Bonchev–Trinajstić information content (AvgIpc) is 2.78. The van der Waals surface area contributed by atoms with Gasteiger partial charge in [-0.25, -0.2) is 0 Å². The lowest BCUT2D eigenvalue weighted by Crippen LogP contribution is -2.30. The summed E-state index contributed by atoms with van der Waals surface area (Å²) in [5.74, 6) is -0.113. The normalized spacial score (nSPS) is 10.9. The number of nitrogens with one attached hydrogen (secondary N) is 2. The Hall–Kier alpha value is -3.84. The van der Waals surface area contributed by atoms with Gasteiger partial charge in [-0.2, -0.15) is 0 Å². The molecule has 0 aliphatic carbocycles. The predicted octanol–water partition coefficient (Wildman–Crippen LogP) is 4.16. The van der Waals surface area contributed by atoms with Crippen LogP contribution in [0, 0.1) is 0 Å². The van der Waals surface area contributed by atoms with Gasteiger partial charge in [0, 0.05) is 28.7 Å². The molecule has 0 bridgehead atoms. The van der Waals surface area contributed by atoms with Crippen molar-refractivity contribution in [3.05, 3.63) is 88.8 Å². The van der Waals surface area contributed by atoms with Crippen LogP contribution >= 0.6 is 11.6 Å². The summed E-state index contributed by atoms with van der Waals surface area (Å²) in [7, 11) is 2.98. The molecule has 0 unspecified atom stereocenters.